The Morgan fingerprint density at radius 2 is 2.25 bits per heavy atom. The Bertz CT molecular complexity index is 319. The standard InChI is InChI=1S/C13H23N3/c1-3-16-9-8-15-13(16)11-6-4-5-7-12(10-11)14-2/h8-9,11-12,14H,3-7,10H2,1-2H3. The molecule has 0 spiro atoms. The van der Waals surface area contributed by atoms with Crippen molar-refractivity contribution < 1.29 is 0 Å². The molecule has 2 unspecified atom stereocenters. The third kappa shape index (κ3) is 2.46. The molecule has 90 valence electrons. The Hall–Kier alpha value is -0.830. The average molecular weight is 221 g/mol. The van der Waals surface area contributed by atoms with Gasteiger partial charge in [-0.1, -0.05) is 12.8 Å². The van der Waals surface area contributed by atoms with Gasteiger partial charge in [-0.3, -0.25) is 0 Å². The minimum Gasteiger partial charge on any atom is -0.335 e. The zero-order valence-electron chi connectivity index (χ0n) is 10.4. The van der Waals surface area contributed by atoms with Gasteiger partial charge in [-0.15, -0.1) is 0 Å². The van der Waals surface area contributed by atoms with Gasteiger partial charge in [-0.05, 0) is 33.2 Å². The summed E-state index contributed by atoms with van der Waals surface area (Å²) >= 11 is 0. The number of hydrogen-bond donors (Lipinski definition) is 1. The van der Waals surface area contributed by atoms with Gasteiger partial charge in [-0.25, -0.2) is 4.98 Å². The van der Waals surface area contributed by atoms with E-state index in [9.17, 15) is 0 Å². The highest BCUT2D eigenvalue weighted by molar-refractivity contribution is 5.02. The Morgan fingerprint density at radius 3 is 3.00 bits per heavy atom. The molecule has 1 aromatic heterocycles. The molecule has 16 heavy (non-hydrogen) atoms. The first-order valence-corrected chi connectivity index (χ1v) is 6.53. The molecule has 1 fully saturated rings. The van der Waals surface area contributed by atoms with Gasteiger partial charge in [0.2, 0.25) is 0 Å². The second-order valence-electron chi connectivity index (χ2n) is 4.77. The summed E-state index contributed by atoms with van der Waals surface area (Å²) in [5, 5.41) is 3.44. The normalized spacial score (nSPS) is 26.6. The summed E-state index contributed by atoms with van der Waals surface area (Å²) in [5.41, 5.74) is 0. The van der Waals surface area contributed by atoms with Crippen molar-refractivity contribution >= 4 is 0 Å². The van der Waals surface area contributed by atoms with Crippen LogP contribution in [0.5, 0.6) is 0 Å². The van der Waals surface area contributed by atoms with Crippen LogP contribution in [0.15, 0.2) is 12.4 Å². The summed E-state index contributed by atoms with van der Waals surface area (Å²) < 4.78 is 2.29. The van der Waals surface area contributed by atoms with E-state index in [2.05, 4.69) is 35.0 Å². The van der Waals surface area contributed by atoms with Crippen LogP contribution in [0.1, 0.15) is 50.8 Å². The minimum atomic E-state index is 0.648. The number of nitrogens with one attached hydrogen (secondary N) is 1. The van der Waals surface area contributed by atoms with Crippen LogP contribution < -0.4 is 5.32 Å². The van der Waals surface area contributed by atoms with Crippen LogP contribution in [-0.2, 0) is 6.54 Å². The molecular weight excluding hydrogens is 198 g/mol. The fraction of sp³-hybridized carbons (Fsp3) is 0.769. The van der Waals surface area contributed by atoms with E-state index >= 15 is 0 Å². The van der Waals surface area contributed by atoms with Gasteiger partial charge < -0.3 is 9.88 Å². The molecule has 0 amide bonds. The number of nitrogens with zero attached hydrogens (tertiary/aromatic N) is 2. The molecule has 1 aliphatic rings. The highest BCUT2D eigenvalue weighted by Gasteiger charge is 2.23. The molecule has 1 heterocycles. The number of aryl methyl sites for hydroxylation is 1. The Morgan fingerprint density at radius 1 is 1.44 bits per heavy atom. The van der Waals surface area contributed by atoms with Crippen LogP contribution in [0.3, 0.4) is 0 Å². The van der Waals surface area contributed by atoms with Crippen LogP contribution in [0, 0.1) is 0 Å². The molecule has 0 radical (unpaired) electrons. The lowest BCUT2D eigenvalue weighted by atomic mass is 9.97. The van der Waals surface area contributed by atoms with Crippen LogP contribution >= 0.6 is 0 Å². The molecule has 1 N–H and O–H groups in total. The second-order valence-corrected chi connectivity index (χ2v) is 4.77. The predicted octanol–water partition coefficient (Wildman–Crippen LogP) is 2.54. The Kier molecular flexibility index (Phi) is 3.99. The average Bonchev–Trinajstić information content (AvgIpc) is 2.66. The van der Waals surface area contributed by atoms with E-state index < -0.39 is 0 Å². The number of hydrogen-bond acceptors (Lipinski definition) is 2. The van der Waals surface area contributed by atoms with E-state index in [1.807, 2.05) is 6.20 Å². The summed E-state index contributed by atoms with van der Waals surface area (Å²) in [6.45, 7) is 3.23. The van der Waals surface area contributed by atoms with Crippen LogP contribution in [0.25, 0.3) is 0 Å². The fourth-order valence-electron chi connectivity index (χ4n) is 2.81. The van der Waals surface area contributed by atoms with Crippen molar-refractivity contribution in [2.75, 3.05) is 7.05 Å². The Labute approximate surface area is 98.3 Å². The van der Waals surface area contributed by atoms with Gasteiger partial charge in [0.15, 0.2) is 0 Å². The van der Waals surface area contributed by atoms with Gasteiger partial charge >= 0.3 is 0 Å². The highest BCUT2D eigenvalue weighted by Crippen LogP contribution is 2.30. The fourth-order valence-corrected chi connectivity index (χ4v) is 2.81. The quantitative estimate of drug-likeness (QED) is 0.795. The van der Waals surface area contributed by atoms with Crippen molar-refractivity contribution in [2.45, 2.75) is 57.5 Å². The summed E-state index contributed by atoms with van der Waals surface area (Å²) in [7, 11) is 2.08. The van der Waals surface area contributed by atoms with Gasteiger partial charge in [0, 0.05) is 30.9 Å². The largest absolute Gasteiger partial charge is 0.335 e. The van der Waals surface area contributed by atoms with Crippen molar-refractivity contribution in [3.8, 4) is 0 Å². The Balaban J connectivity index is 2.12. The van der Waals surface area contributed by atoms with Crippen molar-refractivity contribution in [3.05, 3.63) is 18.2 Å². The van der Waals surface area contributed by atoms with E-state index in [0.717, 1.165) is 6.54 Å². The molecule has 1 aliphatic carbocycles. The van der Waals surface area contributed by atoms with Crippen LogP contribution in [-0.4, -0.2) is 22.6 Å². The molecule has 3 heteroatoms. The molecule has 2 atom stereocenters. The number of imidazole rings is 1. The molecular formula is C13H23N3. The maximum absolute atomic E-state index is 4.56. The third-order valence-corrected chi connectivity index (χ3v) is 3.79. The van der Waals surface area contributed by atoms with E-state index in [4.69, 9.17) is 0 Å². The smallest absolute Gasteiger partial charge is 0.111 e. The lowest BCUT2D eigenvalue weighted by Gasteiger charge is -2.19. The summed E-state index contributed by atoms with van der Waals surface area (Å²) in [6, 6.07) is 0.675. The molecule has 0 aromatic carbocycles. The van der Waals surface area contributed by atoms with Gasteiger partial charge in [0.05, 0.1) is 0 Å². The third-order valence-electron chi connectivity index (χ3n) is 3.79. The predicted molar refractivity (Wildman–Crippen MR) is 66.6 cm³/mol. The van der Waals surface area contributed by atoms with Crippen molar-refractivity contribution in [1.82, 2.24) is 14.9 Å². The molecule has 0 bridgehead atoms. The first kappa shape index (κ1) is 11.6. The van der Waals surface area contributed by atoms with Crippen molar-refractivity contribution in [2.24, 2.45) is 0 Å². The maximum Gasteiger partial charge on any atom is 0.111 e. The first-order valence-electron chi connectivity index (χ1n) is 6.53. The minimum absolute atomic E-state index is 0.648. The lowest BCUT2D eigenvalue weighted by Crippen LogP contribution is -2.26. The van der Waals surface area contributed by atoms with Crippen LogP contribution in [0.4, 0.5) is 0 Å². The van der Waals surface area contributed by atoms with E-state index in [-0.39, 0.29) is 0 Å². The zero-order valence-corrected chi connectivity index (χ0v) is 10.4. The molecule has 0 saturated heterocycles. The summed E-state index contributed by atoms with van der Waals surface area (Å²) in [6.07, 6.45) is 10.6. The monoisotopic (exact) mass is 221 g/mol. The highest BCUT2D eigenvalue weighted by atomic mass is 15.1. The second kappa shape index (κ2) is 5.48. The summed E-state index contributed by atoms with van der Waals surface area (Å²) in [4.78, 5) is 4.56. The number of aromatic nitrogens is 2. The van der Waals surface area contributed by atoms with E-state index in [0.29, 0.717) is 12.0 Å². The van der Waals surface area contributed by atoms with Crippen LogP contribution in [0.2, 0.25) is 0 Å². The van der Waals surface area contributed by atoms with Gasteiger partial charge in [0.25, 0.3) is 0 Å². The molecule has 1 saturated carbocycles. The lowest BCUT2D eigenvalue weighted by molar-refractivity contribution is 0.451. The van der Waals surface area contributed by atoms with Crippen molar-refractivity contribution in [1.29, 1.82) is 0 Å². The molecule has 3 nitrogen and oxygen atoms in total. The molecule has 2 rings (SSSR count). The van der Waals surface area contributed by atoms with Gasteiger partial charge in [0.1, 0.15) is 5.82 Å². The topological polar surface area (TPSA) is 29.9 Å². The molecule has 1 aromatic rings. The van der Waals surface area contributed by atoms with E-state index in [1.54, 1.807) is 0 Å². The number of rotatable bonds is 3. The first-order chi connectivity index (χ1) is 7.85. The molecule has 0 aliphatic heterocycles. The SMILES string of the molecule is CCn1ccnc1C1CCCCC(NC)C1. The zero-order chi connectivity index (χ0) is 11.4. The van der Waals surface area contributed by atoms with E-state index in [1.165, 1.54) is 37.9 Å². The summed E-state index contributed by atoms with van der Waals surface area (Å²) in [5.74, 6) is 1.94. The van der Waals surface area contributed by atoms with Gasteiger partial charge in [-0.2, -0.15) is 0 Å². The van der Waals surface area contributed by atoms with Crippen molar-refractivity contribution in [3.63, 3.8) is 0 Å². The maximum atomic E-state index is 4.56.